The van der Waals surface area contributed by atoms with Crippen LogP contribution in [-0.4, -0.2) is 29.1 Å². The molecular weight excluding hydrogens is 286 g/mol. The maximum absolute atomic E-state index is 11.4. The van der Waals surface area contributed by atoms with E-state index in [9.17, 15) is 14.4 Å². The van der Waals surface area contributed by atoms with E-state index in [1.54, 1.807) is 0 Å². The molecule has 22 heavy (non-hydrogen) atoms. The van der Waals surface area contributed by atoms with Crippen LogP contribution in [0.1, 0.15) is 64.2 Å². The van der Waals surface area contributed by atoms with Crippen LogP contribution in [0.5, 0.6) is 0 Å². The second-order valence-corrected chi connectivity index (χ2v) is 5.28. The number of esters is 2. The van der Waals surface area contributed by atoms with E-state index in [2.05, 4.69) is 11.3 Å². The Bertz CT molecular complexity index is 368. The highest BCUT2D eigenvalue weighted by Crippen LogP contribution is 2.09. The molecule has 0 bridgehead atoms. The topological polar surface area (TPSA) is 107 Å². The van der Waals surface area contributed by atoms with Crippen molar-refractivity contribution in [2.45, 2.75) is 70.3 Å². The molecule has 3 N–H and O–H groups in total. The van der Waals surface area contributed by atoms with Crippen LogP contribution in [0.4, 0.5) is 0 Å². The number of hydrogen-bond donors (Lipinski definition) is 2. The zero-order valence-electron chi connectivity index (χ0n) is 13.1. The molecule has 6 nitrogen and oxygen atoms in total. The monoisotopic (exact) mass is 313 g/mol. The van der Waals surface area contributed by atoms with Crippen molar-refractivity contribution in [3.63, 3.8) is 0 Å². The second-order valence-electron chi connectivity index (χ2n) is 5.28. The number of hydrogen-bond acceptors (Lipinski definition) is 5. The summed E-state index contributed by atoms with van der Waals surface area (Å²) in [5.41, 5.74) is 5.45. The molecule has 0 amide bonds. The van der Waals surface area contributed by atoms with E-state index in [1.165, 1.54) is 0 Å². The van der Waals surface area contributed by atoms with Gasteiger partial charge in [-0.2, -0.15) is 0 Å². The Morgan fingerprint density at radius 3 is 2.23 bits per heavy atom. The minimum absolute atomic E-state index is 0.0356. The Labute approximate surface area is 131 Å². The molecule has 0 aliphatic carbocycles. The summed E-state index contributed by atoms with van der Waals surface area (Å²) in [7, 11) is 0. The summed E-state index contributed by atoms with van der Waals surface area (Å²) in [6, 6.07) is -1.06. The average molecular weight is 313 g/mol. The summed E-state index contributed by atoms with van der Waals surface area (Å²) < 4.78 is 4.60. The van der Waals surface area contributed by atoms with E-state index < -0.39 is 23.9 Å². The van der Waals surface area contributed by atoms with Gasteiger partial charge >= 0.3 is 17.9 Å². The minimum Gasteiger partial charge on any atom is -0.481 e. The molecule has 0 rings (SSSR count). The maximum Gasteiger partial charge on any atom is 0.330 e. The van der Waals surface area contributed by atoms with Crippen molar-refractivity contribution in [1.82, 2.24) is 0 Å². The van der Waals surface area contributed by atoms with Gasteiger partial charge in [0.1, 0.15) is 6.04 Å². The molecule has 0 heterocycles. The summed E-state index contributed by atoms with van der Waals surface area (Å²) in [6.45, 7) is 3.67. The van der Waals surface area contributed by atoms with Crippen molar-refractivity contribution >= 4 is 17.9 Å². The number of ether oxygens (including phenoxy) is 1. The van der Waals surface area contributed by atoms with Gasteiger partial charge in [-0.3, -0.25) is 9.59 Å². The number of aliphatic carboxylic acids is 1. The fourth-order valence-electron chi connectivity index (χ4n) is 1.90. The molecule has 0 aromatic heterocycles. The highest BCUT2D eigenvalue weighted by Gasteiger charge is 2.19. The quantitative estimate of drug-likeness (QED) is 0.234. The molecule has 126 valence electrons. The lowest BCUT2D eigenvalue weighted by Gasteiger charge is -2.09. The van der Waals surface area contributed by atoms with Gasteiger partial charge in [0.25, 0.3) is 0 Å². The van der Waals surface area contributed by atoms with E-state index in [0.717, 1.165) is 38.5 Å². The number of carboxylic acid groups (broad SMARTS) is 1. The van der Waals surface area contributed by atoms with Crippen LogP contribution < -0.4 is 5.73 Å². The van der Waals surface area contributed by atoms with Gasteiger partial charge in [-0.1, -0.05) is 31.8 Å². The van der Waals surface area contributed by atoms with Gasteiger partial charge in [-0.15, -0.1) is 6.58 Å². The summed E-state index contributed by atoms with van der Waals surface area (Å²) in [6.07, 6.45) is 8.96. The lowest BCUT2D eigenvalue weighted by Crippen LogP contribution is -2.34. The fraction of sp³-hybridized carbons (Fsp3) is 0.688. The van der Waals surface area contributed by atoms with Gasteiger partial charge in [-0.05, 0) is 25.7 Å². The number of rotatable bonds is 13. The number of nitrogens with two attached hydrogens (primary N) is 1. The van der Waals surface area contributed by atoms with E-state index in [4.69, 9.17) is 10.8 Å². The van der Waals surface area contributed by atoms with Crippen molar-refractivity contribution in [2.24, 2.45) is 5.73 Å². The van der Waals surface area contributed by atoms with Crippen LogP contribution >= 0.6 is 0 Å². The summed E-state index contributed by atoms with van der Waals surface area (Å²) in [5.74, 6) is -2.49. The number of unbranched alkanes of at least 4 members (excludes halogenated alkanes) is 6. The number of carbonyl (C=O) groups excluding carboxylic acids is 2. The Morgan fingerprint density at radius 1 is 1.05 bits per heavy atom. The van der Waals surface area contributed by atoms with E-state index in [-0.39, 0.29) is 19.3 Å². The van der Waals surface area contributed by atoms with Gasteiger partial charge in [0.15, 0.2) is 0 Å². The number of carbonyl (C=O) groups is 3. The zero-order chi connectivity index (χ0) is 16.8. The highest BCUT2D eigenvalue weighted by atomic mass is 16.6. The molecule has 0 saturated carbocycles. The van der Waals surface area contributed by atoms with E-state index in [1.807, 2.05) is 6.08 Å². The Balaban J connectivity index is 3.61. The van der Waals surface area contributed by atoms with Crippen molar-refractivity contribution in [3.8, 4) is 0 Å². The molecule has 0 saturated heterocycles. The number of carboxylic acids is 1. The fourth-order valence-corrected chi connectivity index (χ4v) is 1.90. The highest BCUT2D eigenvalue weighted by molar-refractivity contribution is 5.88. The molecule has 0 spiro atoms. The second kappa shape index (κ2) is 13.0. The lowest BCUT2D eigenvalue weighted by molar-refractivity contribution is -0.160. The molecule has 1 unspecified atom stereocenters. The van der Waals surface area contributed by atoms with Crippen LogP contribution in [0.25, 0.3) is 0 Å². The summed E-state index contributed by atoms with van der Waals surface area (Å²) in [4.78, 5) is 33.2. The van der Waals surface area contributed by atoms with E-state index >= 15 is 0 Å². The first-order valence-corrected chi connectivity index (χ1v) is 7.80. The van der Waals surface area contributed by atoms with Gasteiger partial charge in [0.2, 0.25) is 0 Å². The molecule has 6 heteroatoms. The lowest BCUT2D eigenvalue weighted by atomic mass is 10.1. The summed E-state index contributed by atoms with van der Waals surface area (Å²) >= 11 is 0. The van der Waals surface area contributed by atoms with Crippen molar-refractivity contribution in [2.75, 3.05) is 0 Å². The van der Waals surface area contributed by atoms with Crippen molar-refractivity contribution in [1.29, 1.82) is 0 Å². The van der Waals surface area contributed by atoms with Gasteiger partial charge < -0.3 is 15.6 Å². The van der Waals surface area contributed by atoms with Gasteiger partial charge in [0, 0.05) is 12.8 Å². The minimum atomic E-state index is -1.06. The molecule has 1 atom stereocenters. The smallest absolute Gasteiger partial charge is 0.330 e. The molecular formula is C16H27NO5. The third kappa shape index (κ3) is 12.1. The SMILES string of the molecule is C=CCCCCCCCCC(=O)OC(=O)C(N)CCC(=O)O. The van der Waals surface area contributed by atoms with Crippen LogP contribution in [0, 0.1) is 0 Å². The third-order valence-corrected chi connectivity index (χ3v) is 3.23. The Hall–Kier alpha value is -1.69. The first-order chi connectivity index (χ1) is 10.5. The predicted octanol–water partition coefficient (Wildman–Crippen LogP) is 2.56. The van der Waals surface area contributed by atoms with Gasteiger partial charge in [-0.25, -0.2) is 4.79 Å². The van der Waals surface area contributed by atoms with Crippen LogP contribution in [0.3, 0.4) is 0 Å². The average Bonchev–Trinajstić information content (AvgIpc) is 2.47. The summed E-state index contributed by atoms with van der Waals surface area (Å²) in [5, 5.41) is 8.48. The van der Waals surface area contributed by atoms with Gasteiger partial charge in [0.05, 0.1) is 0 Å². The van der Waals surface area contributed by atoms with Crippen molar-refractivity contribution in [3.05, 3.63) is 12.7 Å². The van der Waals surface area contributed by atoms with Crippen LogP contribution in [0.2, 0.25) is 0 Å². The predicted molar refractivity (Wildman–Crippen MR) is 83.1 cm³/mol. The third-order valence-electron chi connectivity index (χ3n) is 3.23. The first-order valence-electron chi connectivity index (χ1n) is 7.80. The molecule has 0 aliphatic rings. The van der Waals surface area contributed by atoms with E-state index in [0.29, 0.717) is 6.42 Å². The molecule has 0 aromatic carbocycles. The van der Waals surface area contributed by atoms with Crippen molar-refractivity contribution < 1.29 is 24.2 Å². The zero-order valence-corrected chi connectivity index (χ0v) is 13.1. The van der Waals surface area contributed by atoms with Crippen LogP contribution in [0.15, 0.2) is 12.7 Å². The normalized spacial score (nSPS) is 11.7. The first kappa shape index (κ1) is 20.3. The number of allylic oxidation sites excluding steroid dienone is 1. The molecule has 0 aliphatic heterocycles. The Morgan fingerprint density at radius 2 is 1.64 bits per heavy atom. The maximum atomic E-state index is 11.4. The Kier molecular flexibility index (Phi) is 12.0. The van der Waals surface area contributed by atoms with Crippen LogP contribution in [-0.2, 0) is 19.1 Å². The molecule has 0 aromatic rings. The molecule has 0 radical (unpaired) electrons. The largest absolute Gasteiger partial charge is 0.481 e. The molecule has 0 fully saturated rings. The standard InChI is InChI=1S/C16H27NO5/c1-2-3-4-5-6-7-8-9-10-15(20)22-16(21)13(17)11-12-14(18)19/h2,13H,1,3-12,17H2,(H,18,19).